The Morgan fingerprint density at radius 3 is 2.69 bits per heavy atom. The predicted octanol–water partition coefficient (Wildman–Crippen LogP) is 1.53. The number of fused-ring (bicyclic) bond motifs is 1. The van der Waals surface area contributed by atoms with Gasteiger partial charge in [-0.05, 0) is 24.9 Å². The second-order valence-electron chi connectivity index (χ2n) is 8.96. The zero-order valence-corrected chi connectivity index (χ0v) is 17.9. The monoisotopic (exact) mass is 403 g/mol. The molecule has 1 N–H and O–H groups in total. The molecule has 0 saturated carbocycles. The fourth-order valence-corrected chi connectivity index (χ4v) is 5.18. The molecule has 4 rings (SSSR count). The van der Waals surface area contributed by atoms with Crippen molar-refractivity contribution in [3.63, 3.8) is 0 Å². The van der Waals surface area contributed by atoms with Crippen LogP contribution < -0.4 is 4.74 Å². The van der Waals surface area contributed by atoms with Gasteiger partial charge in [0.2, 0.25) is 0 Å². The third-order valence-corrected chi connectivity index (χ3v) is 7.14. The van der Waals surface area contributed by atoms with Gasteiger partial charge in [0, 0.05) is 69.9 Å². The topological polar surface area (TPSA) is 48.4 Å². The number of aliphatic hydroxyl groups excluding tert-OH is 1. The number of hydrogen-bond acceptors (Lipinski definition) is 6. The van der Waals surface area contributed by atoms with Gasteiger partial charge >= 0.3 is 0 Å². The standard InChI is InChI=1S/C23H37N3O3/c1-2-24-8-10-25(11-9-24)12-14-29-22-6-4-3-5-20(22)15-26-16-21-7-13-28-19-23(21,17-26)18-27/h3-6,21,27H,2,7-19H2,1H3/t21-,23+/m0/s1. The van der Waals surface area contributed by atoms with Gasteiger partial charge < -0.3 is 19.5 Å². The molecule has 6 heteroatoms. The summed E-state index contributed by atoms with van der Waals surface area (Å²) in [5.41, 5.74) is 1.17. The van der Waals surface area contributed by atoms with Crippen LogP contribution in [-0.2, 0) is 11.3 Å². The normalized spacial score (nSPS) is 29.1. The third kappa shape index (κ3) is 4.94. The van der Waals surface area contributed by atoms with E-state index in [0.717, 1.165) is 71.2 Å². The number of aliphatic hydroxyl groups is 1. The summed E-state index contributed by atoms with van der Waals surface area (Å²) < 4.78 is 11.9. The first-order chi connectivity index (χ1) is 14.2. The number of likely N-dealkylation sites (N-methyl/N-ethyl adjacent to an activating group) is 1. The summed E-state index contributed by atoms with van der Waals surface area (Å²) in [5, 5.41) is 10.0. The van der Waals surface area contributed by atoms with Crippen LogP contribution in [0.5, 0.6) is 5.75 Å². The molecule has 3 aliphatic heterocycles. The molecule has 1 aromatic carbocycles. The number of hydrogen-bond donors (Lipinski definition) is 1. The molecule has 3 fully saturated rings. The summed E-state index contributed by atoms with van der Waals surface area (Å²) in [7, 11) is 0. The Labute approximate surface area is 175 Å². The molecule has 1 aromatic rings. The summed E-state index contributed by atoms with van der Waals surface area (Å²) >= 11 is 0. The van der Waals surface area contributed by atoms with Crippen molar-refractivity contribution in [1.29, 1.82) is 0 Å². The van der Waals surface area contributed by atoms with Crippen molar-refractivity contribution >= 4 is 0 Å². The quantitative estimate of drug-likeness (QED) is 0.711. The van der Waals surface area contributed by atoms with Crippen molar-refractivity contribution in [3.05, 3.63) is 29.8 Å². The maximum absolute atomic E-state index is 10.0. The molecular weight excluding hydrogens is 366 g/mol. The number of para-hydroxylation sites is 1. The van der Waals surface area contributed by atoms with Crippen LogP contribution in [0.4, 0.5) is 0 Å². The van der Waals surface area contributed by atoms with E-state index in [2.05, 4.69) is 45.9 Å². The maximum Gasteiger partial charge on any atom is 0.123 e. The lowest BCUT2D eigenvalue weighted by Gasteiger charge is -2.36. The van der Waals surface area contributed by atoms with E-state index in [4.69, 9.17) is 9.47 Å². The molecule has 3 aliphatic rings. The van der Waals surface area contributed by atoms with E-state index in [1.165, 1.54) is 18.7 Å². The van der Waals surface area contributed by atoms with Crippen molar-refractivity contribution in [1.82, 2.24) is 14.7 Å². The largest absolute Gasteiger partial charge is 0.492 e. The summed E-state index contributed by atoms with van der Waals surface area (Å²) in [5.74, 6) is 1.54. The molecular formula is C23H37N3O3. The van der Waals surface area contributed by atoms with Crippen LogP contribution in [0.25, 0.3) is 0 Å². The zero-order chi connectivity index (χ0) is 20.1. The lowest BCUT2D eigenvalue weighted by molar-refractivity contribution is -0.0561. The lowest BCUT2D eigenvalue weighted by atomic mass is 9.76. The first kappa shape index (κ1) is 21.1. The van der Waals surface area contributed by atoms with Gasteiger partial charge in [-0.25, -0.2) is 0 Å². The Morgan fingerprint density at radius 2 is 1.93 bits per heavy atom. The van der Waals surface area contributed by atoms with Gasteiger partial charge in [-0.2, -0.15) is 0 Å². The number of ether oxygens (including phenoxy) is 2. The molecule has 0 bridgehead atoms. The molecule has 0 radical (unpaired) electrons. The van der Waals surface area contributed by atoms with Gasteiger partial charge in [0.1, 0.15) is 12.4 Å². The van der Waals surface area contributed by atoms with E-state index in [-0.39, 0.29) is 12.0 Å². The number of nitrogens with zero attached hydrogens (tertiary/aromatic N) is 3. The molecule has 0 aliphatic carbocycles. The van der Waals surface area contributed by atoms with E-state index < -0.39 is 0 Å². The smallest absolute Gasteiger partial charge is 0.123 e. The second-order valence-corrected chi connectivity index (χ2v) is 8.96. The highest BCUT2D eigenvalue weighted by Crippen LogP contribution is 2.41. The highest BCUT2D eigenvalue weighted by Gasteiger charge is 2.48. The number of likely N-dealkylation sites (tertiary alicyclic amines) is 1. The molecule has 0 amide bonds. The fourth-order valence-electron chi connectivity index (χ4n) is 5.18. The van der Waals surface area contributed by atoms with Crippen LogP contribution in [0.3, 0.4) is 0 Å². The van der Waals surface area contributed by atoms with Gasteiger partial charge in [0.25, 0.3) is 0 Å². The minimum Gasteiger partial charge on any atom is -0.492 e. The molecule has 29 heavy (non-hydrogen) atoms. The summed E-state index contributed by atoms with van der Waals surface area (Å²) in [4.78, 5) is 7.48. The SMILES string of the molecule is CCN1CCN(CCOc2ccccc2CN2C[C@@H]3CCOC[C@]3(CO)C2)CC1. The third-order valence-electron chi connectivity index (χ3n) is 7.14. The highest BCUT2D eigenvalue weighted by atomic mass is 16.5. The van der Waals surface area contributed by atoms with Gasteiger partial charge in [-0.3, -0.25) is 9.80 Å². The van der Waals surface area contributed by atoms with Gasteiger partial charge in [0.05, 0.1) is 13.2 Å². The first-order valence-electron chi connectivity index (χ1n) is 11.3. The van der Waals surface area contributed by atoms with E-state index in [1.54, 1.807) is 0 Å². The molecule has 0 aromatic heterocycles. The van der Waals surface area contributed by atoms with E-state index in [9.17, 15) is 5.11 Å². The molecule has 2 atom stereocenters. The number of piperazine rings is 1. The van der Waals surface area contributed by atoms with Gasteiger partial charge in [-0.15, -0.1) is 0 Å². The Balaban J connectivity index is 1.30. The van der Waals surface area contributed by atoms with Crippen LogP contribution in [-0.4, -0.2) is 98.6 Å². The zero-order valence-electron chi connectivity index (χ0n) is 17.9. The van der Waals surface area contributed by atoms with Crippen molar-refractivity contribution < 1.29 is 14.6 Å². The fraction of sp³-hybridized carbons (Fsp3) is 0.739. The second kappa shape index (κ2) is 9.75. The number of benzene rings is 1. The molecule has 162 valence electrons. The average Bonchev–Trinajstić information content (AvgIpc) is 3.14. The molecule has 0 spiro atoms. The molecule has 3 heterocycles. The maximum atomic E-state index is 10.0. The highest BCUT2D eigenvalue weighted by molar-refractivity contribution is 5.33. The van der Waals surface area contributed by atoms with E-state index >= 15 is 0 Å². The Bertz CT molecular complexity index is 650. The predicted molar refractivity (Wildman–Crippen MR) is 114 cm³/mol. The summed E-state index contributed by atoms with van der Waals surface area (Å²) in [6.45, 7) is 14.3. The Kier molecular flexibility index (Phi) is 7.08. The van der Waals surface area contributed by atoms with Crippen LogP contribution in [0.1, 0.15) is 18.9 Å². The average molecular weight is 404 g/mol. The molecule has 0 unspecified atom stereocenters. The van der Waals surface area contributed by atoms with Crippen LogP contribution in [0.2, 0.25) is 0 Å². The number of rotatable bonds is 8. The summed E-state index contributed by atoms with van der Waals surface area (Å²) in [6, 6.07) is 8.43. The van der Waals surface area contributed by atoms with Crippen LogP contribution in [0, 0.1) is 11.3 Å². The van der Waals surface area contributed by atoms with Crippen molar-refractivity contribution in [3.8, 4) is 5.75 Å². The first-order valence-corrected chi connectivity index (χ1v) is 11.3. The van der Waals surface area contributed by atoms with Gasteiger partial charge in [0.15, 0.2) is 0 Å². The van der Waals surface area contributed by atoms with Crippen molar-refractivity contribution in [2.45, 2.75) is 19.9 Å². The van der Waals surface area contributed by atoms with Gasteiger partial charge in [-0.1, -0.05) is 25.1 Å². The van der Waals surface area contributed by atoms with Crippen LogP contribution >= 0.6 is 0 Å². The van der Waals surface area contributed by atoms with Crippen molar-refractivity contribution in [2.75, 3.05) is 78.8 Å². The van der Waals surface area contributed by atoms with E-state index in [0.29, 0.717) is 12.5 Å². The minimum atomic E-state index is -0.0747. The molecule has 3 saturated heterocycles. The Hall–Kier alpha value is -1.18. The Morgan fingerprint density at radius 1 is 1.14 bits per heavy atom. The van der Waals surface area contributed by atoms with Crippen LogP contribution in [0.15, 0.2) is 24.3 Å². The van der Waals surface area contributed by atoms with Crippen molar-refractivity contribution in [2.24, 2.45) is 11.3 Å². The minimum absolute atomic E-state index is 0.0747. The molecule has 6 nitrogen and oxygen atoms in total. The summed E-state index contributed by atoms with van der Waals surface area (Å²) in [6.07, 6.45) is 1.06. The lowest BCUT2D eigenvalue weighted by Crippen LogP contribution is -2.47. The van der Waals surface area contributed by atoms with E-state index in [1.807, 2.05) is 0 Å².